The second-order valence-corrected chi connectivity index (χ2v) is 5.45. The number of amides is 2. The predicted octanol–water partition coefficient (Wildman–Crippen LogP) is -0.0782. The van der Waals surface area contributed by atoms with Crippen LogP contribution in [-0.2, 0) is 16.1 Å². The zero-order valence-corrected chi connectivity index (χ0v) is 13.6. The van der Waals surface area contributed by atoms with Crippen LogP contribution in [0.25, 0.3) is 5.82 Å². The first-order valence-corrected chi connectivity index (χ1v) is 7.77. The molecule has 0 spiro atoms. The van der Waals surface area contributed by atoms with E-state index in [1.807, 2.05) is 0 Å². The molecule has 3 rings (SSSR count). The normalized spacial score (nSPS) is 11.7. The molecule has 9 heteroatoms. The van der Waals surface area contributed by atoms with Gasteiger partial charge in [-0.1, -0.05) is 6.07 Å². The van der Waals surface area contributed by atoms with Crippen LogP contribution in [0.2, 0.25) is 0 Å². The van der Waals surface area contributed by atoms with E-state index in [-0.39, 0.29) is 12.2 Å². The number of ketones is 1. The molecule has 3 aromatic heterocycles. The minimum Gasteiger partial charge on any atom is -0.363 e. The molecular formula is C17H16N6O3. The van der Waals surface area contributed by atoms with Crippen LogP contribution in [0.15, 0.2) is 61.2 Å². The molecule has 0 aliphatic rings. The Labute approximate surface area is 148 Å². The van der Waals surface area contributed by atoms with Crippen LogP contribution in [0.1, 0.15) is 10.5 Å². The van der Waals surface area contributed by atoms with Gasteiger partial charge in [0.25, 0.3) is 11.8 Å². The van der Waals surface area contributed by atoms with Gasteiger partial charge in [-0.15, -0.1) is 0 Å². The SMILES string of the molecule is NC(=O)C(=O)C(Cn1cccc1)NC(=O)c1ccnn1-c1ccccn1. The number of hydrogen-bond acceptors (Lipinski definition) is 5. The van der Waals surface area contributed by atoms with Crippen LogP contribution >= 0.6 is 0 Å². The van der Waals surface area contributed by atoms with E-state index in [0.29, 0.717) is 5.82 Å². The Bertz CT molecular complexity index is 917. The number of Topliss-reactive ketones (excluding diaryl/α,β-unsaturated/α-hetero) is 1. The van der Waals surface area contributed by atoms with Gasteiger partial charge in [-0.05, 0) is 30.3 Å². The molecule has 132 valence electrons. The van der Waals surface area contributed by atoms with Gasteiger partial charge >= 0.3 is 0 Å². The molecule has 0 radical (unpaired) electrons. The van der Waals surface area contributed by atoms with Gasteiger partial charge in [0.1, 0.15) is 11.7 Å². The Kier molecular flexibility index (Phi) is 4.88. The molecule has 0 fully saturated rings. The number of nitrogens with zero attached hydrogens (tertiary/aromatic N) is 4. The highest BCUT2D eigenvalue weighted by Gasteiger charge is 2.27. The van der Waals surface area contributed by atoms with E-state index in [1.165, 1.54) is 16.9 Å². The van der Waals surface area contributed by atoms with E-state index in [2.05, 4.69) is 15.4 Å². The van der Waals surface area contributed by atoms with Gasteiger partial charge in [0.15, 0.2) is 5.82 Å². The molecule has 0 aromatic carbocycles. The molecule has 3 N–H and O–H groups in total. The highest BCUT2D eigenvalue weighted by Crippen LogP contribution is 2.08. The van der Waals surface area contributed by atoms with E-state index < -0.39 is 23.6 Å². The van der Waals surface area contributed by atoms with Crippen molar-refractivity contribution in [2.24, 2.45) is 5.73 Å². The van der Waals surface area contributed by atoms with Gasteiger partial charge in [-0.2, -0.15) is 5.10 Å². The van der Waals surface area contributed by atoms with Gasteiger partial charge in [0, 0.05) is 25.1 Å². The van der Waals surface area contributed by atoms with E-state index >= 15 is 0 Å². The molecule has 0 saturated heterocycles. The summed E-state index contributed by atoms with van der Waals surface area (Å²) in [6, 6.07) is 9.12. The van der Waals surface area contributed by atoms with Crippen LogP contribution in [0.5, 0.6) is 0 Å². The molecule has 0 bridgehead atoms. The van der Waals surface area contributed by atoms with Crippen LogP contribution < -0.4 is 11.1 Å². The van der Waals surface area contributed by atoms with Crippen molar-refractivity contribution in [1.29, 1.82) is 0 Å². The Hall–Kier alpha value is -3.75. The number of pyridine rings is 1. The summed E-state index contributed by atoms with van der Waals surface area (Å²) >= 11 is 0. The average molecular weight is 352 g/mol. The summed E-state index contributed by atoms with van der Waals surface area (Å²) in [5.74, 6) is -2.11. The summed E-state index contributed by atoms with van der Waals surface area (Å²) in [5.41, 5.74) is 5.28. The highest BCUT2D eigenvalue weighted by molar-refractivity contribution is 6.37. The molecule has 2 amide bonds. The zero-order chi connectivity index (χ0) is 18.5. The first kappa shape index (κ1) is 17.1. The predicted molar refractivity (Wildman–Crippen MR) is 91.2 cm³/mol. The second-order valence-electron chi connectivity index (χ2n) is 5.45. The van der Waals surface area contributed by atoms with Crippen molar-refractivity contribution >= 4 is 17.6 Å². The number of rotatable bonds is 7. The molecule has 3 heterocycles. The van der Waals surface area contributed by atoms with Crippen LogP contribution in [-0.4, -0.2) is 43.0 Å². The molecule has 1 atom stereocenters. The van der Waals surface area contributed by atoms with Crippen molar-refractivity contribution in [3.63, 3.8) is 0 Å². The summed E-state index contributed by atoms with van der Waals surface area (Å²) < 4.78 is 3.01. The van der Waals surface area contributed by atoms with Crippen LogP contribution in [0, 0.1) is 0 Å². The highest BCUT2D eigenvalue weighted by atomic mass is 16.2. The van der Waals surface area contributed by atoms with Crippen molar-refractivity contribution in [2.45, 2.75) is 12.6 Å². The molecule has 9 nitrogen and oxygen atoms in total. The Balaban J connectivity index is 1.83. The fourth-order valence-electron chi connectivity index (χ4n) is 2.44. The van der Waals surface area contributed by atoms with Crippen molar-refractivity contribution in [3.8, 4) is 5.82 Å². The Morgan fingerprint density at radius 1 is 1.08 bits per heavy atom. The lowest BCUT2D eigenvalue weighted by molar-refractivity contribution is -0.137. The minimum atomic E-state index is -1.11. The number of carbonyl (C=O) groups is 3. The fourth-order valence-corrected chi connectivity index (χ4v) is 2.44. The average Bonchev–Trinajstić information content (AvgIpc) is 3.32. The van der Waals surface area contributed by atoms with Gasteiger partial charge in [0.2, 0.25) is 5.78 Å². The molecule has 0 saturated carbocycles. The summed E-state index contributed by atoms with van der Waals surface area (Å²) in [6.07, 6.45) is 6.45. The maximum absolute atomic E-state index is 12.7. The third kappa shape index (κ3) is 3.66. The van der Waals surface area contributed by atoms with E-state index in [0.717, 1.165) is 0 Å². The van der Waals surface area contributed by atoms with Gasteiger partial charge in [-0.25, -0.2) is 9.67 Å². The maximum atomic E-state index is 12.7. The van der Waals surface area contributed by atoms with Crippen molar-refractivity contribution in [2.75, 3.05) is 0 Å². The minimum absolute atomic E-state index is 0.0816. The summed E-state index contributed by atoms with van der Waals surface area (Å²) in [4.78, 5) is 40.2. The summed E-state index contributed by atoms with van der Waals surface area (Å²) in [6.45, 7) is 0.0816. The first-order valence-electron chi connectivity index (χ1n) is 7.77. The van der Waals surface area contributed by atoms with Gasteiger partial charge < -0.3 is 15.6 Å². The number of nitrogens with two attached hydrogens (primary N) is 1. The van der Waals surface area contributed by atoms with Crippen molar-refractivity contribution in [1.82, 2.24) is 24.6 Å². The summed E-state index contributed by atoms with van der Waals surface area (Å²) in [7, 11) is 0. The Morgan fingerprint density at radius 3 is 2.50 bits per heavy atom. The van der Waals surface area contributed by atoms with Crippen LogP contribution in [0.4, 0.5) is 0 Å². The molecular weight excluding hydrogens is 336 g/mol. The number of carbonyl (C=O) groups excluding carboxylic acids is 3. The molecule has 3 aromatic rings. The number of nitrogens with one attached hydrogen (secondary N) is 1. The van der Waals surface area contributed by atoms with Crippen molar-refractivity contribution in [3.05, 3.63) is 66.9 Å². The lowest BCUT2D eigenvalue weighted by atomic mass is 10.1. The fraction of sp³-hybridized carbons (Fsp3) is 0.118. The third-order valence-corrected chi connectivity index (χ3v) is 3.67. The quantitative estimate of drug-likeness (QED) is 0.576. The maximum Gasteiger partial charge on any atom is 0.287 e. The van der Waals surface area contributed by atoms with Gasteiger partial charge in [-0.3, -0.25) is 14.4 Å². The lowest BCUT2D eigenvalue weighted by Crippen LogP contribution is -2.48. The van der Waals surface area contributed by atoms with Crippen molar-refractivity contribution < 1.29 is 14.4 Å². The van der Waals surface area contributed by atoms with Crippen LogP contribution in [0.3, 0.4) is 0 Å². The standard InChI is InChI=1S/C17H16N6O3/c18-16(25)15(24)12(11-22-9-3-4-10-22)21-17(26)13-6-8-20-23(13)14-5-1-2-7-19-14/h1-10,12H,11H2,(H2,18,25)(H,21,26). The number of aromatic nitrogens is 4. The lowest BCUT2D eigenvalue weighted by Gasteiger charge is -2.17. The molecule has 0 aliphatic carbocycles. The first-order chi connectivity index (χ1) is 12.6. The second kappa shape index (κ2) is 7.43. The van der Waals surface area contributed by atoms with E-state index in [4.69, 9.17) is 5.73 Å². The summed E-state index contributed by atoms with van der Waals surface area (Å²) in [5, 5.41) is 6.63. The smallest absolute Gasteiger partial charge is 0.287 e. The zero-order valence-electron chi connectivity index (χ0n) is 13.6. The number of primary amides is 1. The third-order valence-electron chi connectivity index (χ3n) is 3.67. The largest absolute Gasteiger partial charge is 0.363 e. The Morgan fingerprint density at radius 2 is 1.85 bits per heavy atom. The molecule has 26 heavy (non-hydrogen) atoms. The molecule has 1 unspecified atom stereocenters. The van der Waals surface area contributed by atoms with E-state index in [1.54, 1.807) is 53.5 Å². The number of hydrogen-bond donors (Lipinski definition) is 2. The topological polar surface area (TPSA) is 125 Å². The van der Waals surface area contributed by atoms with E-state index in [9.17, 15) is 14.4 Å². The monoisotopic (exact) mass is 352 g/mol. The van der Waals surface area contributed by atoms with Gasteiger partial charge in [0.05, 0.1) is 6.20 Å². The molecule has 0 aliphatic heterocycles.